The smallest absolute Gasteiger partial charge is 0.270 e. The van der Waals surface area contributed by atoms with Crippen LogP contribution in [0.2, 0.25) is 0 Å². The number of rotatable bonds is 3. The quantitative estimate of drug-likeness (QED) is 0.479. The topological polar surface area (TPSA) is 94.1 Å². The number of nitro benzene ring substituents is 1. The fourth-order valence-corrected chi connectivity index (χ4v) is 1.71. The molecule has 0 aliphatic carbocycles. The summed E-state index contributed by atoms with van der Waals surface area (Å²) in [4.78, 5) is 14.6. The number of nitrogens with two attached hydrogens (primary N) is 1. The summed E-state index contributed by atoms with van der Waals surface area (Å²) in [5, 5.41) is 11.4. The summed E-state index contributed by atoms with van der Waals surface area (Å²) in [7, 11) is 0. The van der Waals surface area contributed by atoms with Crippen molar-refractivity contribution < 1.29 is 4.92 Å². The molecule has 6 heteroatoms. The Morgan fingerprint density at radius 1 is 1.47 bits per heavy atom. The number of nitrogen functional groups attached to an aromatic ring is 1. The van der Waals surface area contributed by atoms with E-state index < -0.39 is 4.92 Å². The molecule has 6 nitrogen and oxygen atoms in total. The number of nitrogens with one attached hydrogen (secondary N) is 1. The van der Waals surface area contributed by atoms with Crippen molar-refractivity contribution in [2.24, 2.45) is 5.84 Å². The van der Waals surface area contributed by atoms with Crippen LogP contribution in [-0.2, 0) is 6.42 Å². The van der Waals surface area contributed by atoms with E-state index in [1.807, 2.05) is 6.92 Å². The average molecular weight is 232 g/mol. The number of non-ortho nitro benzene ring substituents is 1. The van der Waals surface area contributed by atoms with E-state index >= 15 is 0 Å². The number of fused-ring (bicyclic) bond motifs is 1. The minimum atomic E-state index is -0.428. The standard InChI is InChI=1S/C11H12N4O2/c1-2-9-11(14-12)6-7-5-8(15(16)17)3-4-10(7)13-9/h3-6,14H,2,12H2,1H3. The van der Waals surface area contributed by atoms with E-state index in [1.165, 1.54) is 12.1 Å². The van der Waals surface area contributed by atoms with Crippen LogP contribution in [0.4, 0.5) is 11.4 Å². The Morgan fingerprint density at radius 2 is 2.24 bits per heavy atom. The number of hydrazine groups is 1. The molecule has 0 spiro atoms. The fraction of sp³-hybridized carbons (Fsp3) is 0.182. The van der Waals surface area contributed by atoms with E-state index in [0.29, 0.717) is 11.1 Å². The van der Waals surface area contributed by atoms with Crippen LogP contribution in [0.1, 0.15) is 12.6 Å². The number of hydrogen-bond donors (Lipinski definition) is 2. The monoisotopic (exact) mass is 232 g/mol. The number of nitrogens with zero attached hydrogens (tertiary/aromatic N) is 2. The van der Waals surface area contributed by atoms with Crippen LogP contribution < -0.4 is 11.3 Å². The second kappa shape index (κ2) is 4.34. The molecule has 0 atom stereocenters. The van der Waals surface area contributed by atoms with E-state index in [4.69, 9.17) is 5.84 Å². The van der Waals surface area contributed by atoms with Gasteiger partial charge in [0.25, 0.3) is 5.69 Å². The predicted octanol–water partition coefficient (Wildman–Crippen LogP) is 1.99. The second-order valence-corrected chi connectivity index (χ2v) is 3.61. The first kappa shape index (κ1) is 11.3. The number of pyridine rings is 1. The van der Waals surface area contributed by atoms with Crippen molar-refractivity contribution in [1.29, 1.82) is 0 Å². The van der Waals surface area contributed by atoms with Gasteiger partial charge in [0.15, 0.2) is 0 Å². The molecule has 2 rings (SSSR count). The lowest BCUT2D eigenvalue weighted by molar-refractivity contribution is -0.384. The highest BCUT2D eigenvalue weighted by Crippen LogP contribution is 2.24. The molecule has 1 aromatic heterocycles. The summed E-state index contributed by atoms with van der Waals surface area (Å²) < 4.78 is 0. The number of anilines is 1. The largest absolute Gasteiger partial charge is 0.322 e. The van der Waals surface area contributed by atoms with Crippen LogP contribution in [0.25, 0.3) is 10.9 Å². The molecule has 2 aromatic rings. The van der Waals surface area contributed by atoms with Gasteiger partial charge in [-0.15, -0.1) is 0 Å². The highest BCUT2D eigenvalue weighted by Gasteiger charge is 2.09. The van der Waals surface area contributed by atoms with Crippen molar-refractivity contribution in [3.63, 3.8) is 0 Å². The Morgan fingerprint density at radius 3 is 2.82 bits per heavy atom. The second-order valence-electron chi connectivity index (χ2n) is 3.61. The van der Waals surface area contributed by atoms with Crippen LogP contribution in [0.15, 0.2) is 24.3 Å². The van der Waals surface area contributed by atoms with Gasteiger partial charge in [-0.25, -0.2) is 0 Å². The first-order valence-corrected chi connectivity index (χ1v) is 5.20. The van der Waals surface area contributed by atoms with Gasteiger partial charge >= 0.3 is 0 Å². The lowest BCUT2D eigenvalue weighted by Gasteiger charge is -2.08. The minimum Gasteiger partial charge on any atom is -0.322 e. The molecule has 0 saturated carbocycles. The highest BCUT2D eigenvalue weighted by molar-refractivity contribution is 5.84. The van der Waals surface area contributed by atoms with Crippen molar-refractivity contribution in [2.75, 3.05) is 5.43 Å². The van der Waals surface area contributed by atoms with Gasteiger partial charge in [-0.05, 0) is 18.6 Å². The zero-order chi connectivity index (χ0) is 12.4. The van der Waals surface area contributed by atoms with Crippen LogP contribution in [0, 0.1) is 10.1 Å². The minimum absolute atomic E-state index is 0.0477. The van der Waals surface area contributed by atoms with Crippen LogP contribution >= 0.6 is 0 Å². The van der Waals surface area contributed by atoms with Crippen LogP contribution in [0.5, 0.6) is 0 Å². The third kappa shape index (κ3) is 2.02. The van der Waals surface area contributed by atoms with E-state index in [2.05, 4.69) is 10.4 Å². The molecule has 0 amide bonds. The normalized spacial score (nSPS) is 10.5. The Bertz CT molecular complexity index is 583. The Hall–Kier alpha value is -2.21. The lowest BCUT2D eigenvalue weighted by Crippen LogP contribution is -2.10. The zero-order valence-corrected chi connectivity index (χ0v) is 9.30. The van der Waals surface area contributed by atoms with Gasteiger partial charge in [-0.2, -0.15) is 0 Å². The summed E-state index contributed by atoms with van der Waals surface area (Å²) in [5.74, 6) is 5.39. The van der Waals surface area contributed by atoms with E-state index in [0.717, 1.165) is 17.6 Å². The molecule has 0 unspecified atom stereocenters. The SMILES string of the molecule is CCc1nc2ccc([N+](=O)[O-])cc2cc1NN. The number of nitro groups is 1. The zero-order valence-electron chi connectivity index (χ0n) is 9.30. The Kier molecular flexibility index (Phi) is 2.88. The maximum Gasteiger partial charge on any atom is 0.270 e. The maximum absolute atomic E-state index is 10.7. The third-order valence-electron chi connectivity index (χ3n) is 2.58. The first-order valence-electron chi connectivity index (χ1n) is 5.20. The highest BCUT2D eigenvalue weighted by atomic mass is 16.6. The van der Waals surface area contributed by atoms with Gasteiger partial charge in [0.2, 0.25) is 0 Å². The van der Waals surface area contributed by atoms with Crippen LogP contribution in [0.3, 0.4) is 0 Å². The molecule has 1 aromatic carbocycles. The molecular formula is C11H12N4O2. The molecule has 17 heavy (non-hydrogen) atoms. The number of aryl methyl sites for hydroxylation is 1. The summed E-state index contributed by atoms with van der Waals surface area (Å²) >= 11 is 0. The molecule has 88 valence electrons. The van der Waals surface area contributed by atoms with Gasteiger partial charge in [0.05, 0.1) is 21.8 Å². The lowest BCUT2D eigenvalue weighted by atomic mass is 10.1. The molecule has 0 saturated heterocycles. The third-order valence-corrected chi connectivity index (χ3v) is 2.58. The van der Waals surface area contributed by atoms with E-state index in [1.54, 1.807) is 12.1 Å². The van der Waals surface area contributed by atoms with E-state index in [9.17, 15) is 10.1 Å². The van der Waals surface area contributed by atoms with Crippen molar-refractivity contribution in [2.45, 2.75) is 13.3 Å². The molecule has 3 N–H and O–H groups in total. The van der Waals surface area contributed by atoms with Crippen molar-refractivity contribution >= 4 is 22.3 Å². The fourth-order valence-electron chi connectivity index (χ4n) is 1.71. The van der Waals surface area contributed by atoms with Gasteiger partial charge < -0.3 is 5.43 Å². The summed E-state index contributed by atoms with van der Waals surface area (Å²) in [5.41, 5.74) is 4.87. The number of hydrogen-bond acceptors (Lipinski definition) is 5. The molecule has 0 bridgehead atoms. The van der Waals surface area contributed by atoms with Gasteiger partial charge in [-0.3, -0.25) is 20.9 Å². The van der Waals surface area contributed by atoms with E-state index in [-0.39, 0.29) is 5.69 Å². The van der Waals surface area contributed by atoms with Gasteiger partial charge in [0, 0.05) is 17.5 Å². The van der Waals surface area contributed by atoms with Crippen molar-refractivity contribution in [1.82, 2.24) is 4.98 Å². The van der Waals surface area contributed by atoms with Crippen molar-refractivity contribution in [3.05, 3.63) is 40.1 Å². The number of benzene rings is 1. The van der Waals surface area contributed by atoms with Crippen molar-refractivity contribution in [3.8, 4) is 0 Å². The summed E-state index contributed by atoms with van der Waals surface area (Å²) in [6, 6.07) is 6.36. The molecule has 0 aliphatic rings. The molecule has 1 heterocycles. The first-order chi connectivity index (χ1) is 8.15. The maximum atomic E-state index is 10.7. The predicted molar refractivity (Wildman–Crippen MR) is 65.6 cm³/mol. The molecular weight excluding hydrogens is 220 g/mol. The number of aromatic nitrogens is 1. The molecule has 0 radical (unpaired) electrons. The molecule has 0 fully saturated rings. The Balaban J connectivity index is 2.66. The average Bonchev–Trinajstić information content (AvgIpc) is 2.36. The van der Waals surface area contributed by atoms with Crippen LogP contribution in [-0.4, -0.2) is 9.91 Å². The summed E-state index contributed by atoms with van der Waals surface area (Å²) in [6.07, 6.45) is 0.743. The summed E-state index contributed by atoms with van der Waals surface area (Å²) in [6.45, 7) is 1.97. The van der Waals surface area contributed by atoms with Gasteiger partial charge in [0.1, 0.15) is 0 Å². The van der Waals surface area contributed by atoms with Gasteiger partial charge in [-0.1, -0.05) is 6.92 Å². The Labute approximate surface area is 97.6 Å². The molecule has 0 aliphatic heterocycles.